The SMILES string of the molecule is C[S@](=O)c1ccc2c(c1)CC[C@@H]1[C@@H]2CC[C@]2(C)C(=O)CC[C@@H]12. The summed E-state index contributed by atoms with van der Waals surface area (Å²) in [4.78, 5) is 13.3. The number of hydrogen-bond donors (Lipinski definition) is 0. The van der Waals surface area contributed by atoms with Crippen LogP contribution in [0.15, 0.2) is 23.1 Å². The molecule has 0 heterocycles. The van der Waals surface area contributed by atoms with Crippen LogP contribution in [-0.2, 0) is 22.0 Å². The number of benzene rings is 1. The van der Waals surface area contributed by atoms with Crippen molar-refractivity contribution in [2.45, 2.75) is 56.3 Å². The molecule has 0 radical (unpaired) electrons. The lowest BCUT2D eigenvalue weighted by molar-refractivity contribution is -0.129. The minimum Gasteiger partial charge on any atom is -0.299 e. The molecule has 0 unspecified atom stereocenters. The number of ketones is 1. The van der Waals surface area contributed by atoms with Gasteiger partial charge in [0.1, 0.15) is 5.78 Å². The van der Waals surface area contributed by atoms with Gasteiger partial charge in [-0.3, -0.25) is 9.00 Å². The molecule has 22 heavy (non-hydrogen) atoms. The molecule has 3 aliphatic rings. The van der Waals surface area contributed by atoms with Crippen LogP contribution in [-0.4, -0.2) is 16.2 Å². The van der Waals surface area contributed by atoms with Gasteiger partial charge in [0.05, 0.1) is 0 Å². The van der Waals surface area contributed by atoms with E-state index in [-0.39, 0.29) is 5.41 Å². The van der Waals surface area contributed by atoms with Gasteiger partial charge in [-0.1, -0.05) is 13.0 Å². The van der Waals surface area contributed by atoms with Crippen LogP contribution in [0.1, 0.15) is 56.1 Å². The van der Waals surface area contributed by atoms with Crippen LogP contribution in [0.5, 0.6) is 0 Å². The van der Waals surface area contributed by atoms with Gasteiger partial charge >= 0.3 is 0 Å². The van der Waals surface area contributed by atoms with Gasteiger partial charge in [-0.25, -0.2) is 0 Å². The third-order valence-electron chi connectivity index (χ3n) is 6.74. The fourth-order valence-corrected chi connectivity index (χ4v) is 6.08. The first kappa shape index (κ1) is 14.6. The predicted octanol–water partition coefficient (Wildman–Crippen LogP) is 3.85. The Morgan fingerprint density at radius 3 is 2.77 bits per heavy atom. The highest BCUT2D eigenvalue weighted by Crippen LogP contribution is 2.59. The Morgan fingerprint density at radius 1 is 1.18 bits per heavy atom. The quantitative estimate of drug-likeness (QED) is 0.788. The third-order valence-corrected chi connectivity index (χ3v) is 7.66. The smallest absolute Gasteiger partial charge is 0.139 e. The lowest BCUT2D eigenvalue weighted by Crippen LogP contribution is -2.42. The van der Waals surface area contributed by atoms with Crippen molar-refractivity contribution in [1.82, 2.24) is 0 Å². The molecule has 3 aliphatic carbocycles. The van der Waals surface area contributed by atoms with Crippen molar-refractivity contribution in [3.8, 4) is 0 Å². The van der Waals surface area contributed by atoms with E-state index in [1.165, 1.54) is 17.5 Å². The van der Waals surface area contributed by atoms with Crippen molar-refractivity contribution in [3.05, 3.63) is 29.3 Å². The molecule has 2 saturated carbocycles. The van der Waals surface area contributed by atoms with Crippen LogP contribution in [0.4, 0.5) is 0 Å². The summed E-state index contributed by atoms with van der Waals surface area (Å²) in [7, 11) is -0.897. The second kappa shape index (κ2) is 5.02. The van der Waals surface area contributed by atoms with E-state index in [2.05, 4.69) is 19.1 Å². The lowest BCUT2D eigenvalue weighted by atomic mass is 9.55. The second-order valence-corrected chi connectivity index (χ2v) is 9.03. The maximum absolute atomic E-state index is 12.3. The normalized spacial score (nSPS) is 38.1. The Balaban J connectivity index is 1.70. The minimum atomic E-state index is -0.897. The van der Waals surface area contributed by atoms with Crippen molar-refractivity contribution in [3.63, 3.8) is 0 Å². The van der Waals surface area contributed by atoms with E-state index in [9.17, 15) is 9.00 Å². The summed E-state index contributed by atoms with van der Waals surface area (Å²) >= 11 is 0. The molecule has 0 saturated heterocycles. The summed E-state index contributed by atoms with van der Waals surface area (Å²) in [5, 5.41) is 0. The summed E-state index contributed by atoms with van der Waals surface area (Å²) < 4.78 is 11.7. The molecule has 4 rings (SSSR count). The van der Waals surface area contributed by atoms with Gasteiger partial charge in [0.25, 0.3) is 0 Å². The van der Waals surface area contributed by atoms with Gasteiger partial charge in [0.15, 0.2) is 0 Å². The molecule has 1 aromatic carbocycles. The Kier molecular flexibility index (Phi) is 3.34. The Morgan fingerprint density at radius 2 is 2.00 bits per heavy atom. The first-order valence-electron chi connectivity index (χ1n) is 8.50. The fourth-order valence-electron chi connectivity index (χ4n) is 5.51. The third kappa shape index (κ3) is 1.97. The van der Waals surface area contributed by atoms with E-state index in [1.54, 1.807) is 6.26 Å². The highest BCUT2D eigenvalue weighted by Gasteiger charge is 2.54. The van der Waals surface area contributed by atoms with Gasteiger partial charge in [0.2, 0.25) is 0 Å². The van der Waals surface area contributed by atoms with E-state index in [0.29, 0.717) is 23.5 Å². The number of Topliss-reactive ketones (excluding diaryl/α,β-unsaturated/α-hetero) is 1. The first-order chi connectivity index (χ1) is 10.5. The average molecular weight is 316 g/mol. The molecule has 1 aromatic rings. The molecule has 2 nitrogen and oxygen atoms in total. The van der Waals surface area contributed by atoms with E-state index in [4.69, 9.17) is 0 Å². The summed E-state index contributed by atoms with van der Waals surface area (Å²) in [6, 6.07) is 6.43. The van der Waals surface area contributed by atoms with Crippen molar-refractivity contribution >= 4 is 16.6 Å². The van der Waals surface area contributed by atoms with E-state index in [1.807, 2.05) is 6.07 Å². The maximum Gasteiger partial charge on any atom is 0.139 e. The Hall–Kier alpha value is -0.960. The molecular formula is C19H24O2S. The molecule has 0 bridgehead atoms. The van der Waals surface area contributed by atoms with Crippen LogP contribution < -0.4 is 0 Å². The first-order valence-corrected chi connectivity index (χ1v) is 10.1. The molecule has 0 amide bonds. The van der Waals surface area contributed by atoms with Crippen molar-refractivity contribution in [1.29, 1.82) is 0 Å². The standard InChI is InChI=1S/C19H24O2S/c1-19-10-9-15-14-6-4-13(22(2)21)11-12(14)3-5-16(15)17(19)7-8-18(19)20/h4,6,11,15-17H,3,5,7-10H2,1-2H3/t15-,16-,17+,19+,22+/m1/s1. The highest BCUT2D eigenvalue weighted by atomic mass is 32.2. The van der Waals surface area contributed by atoms with Gasteiger partial charge in [-0.05, 0) is 73.1 Å². The highest BCUT2D eigenvalue weighted by molar-refractivity contribution is 7.84. The van der Waals surface area contributed by atoms with Gasteiger partial charge < -0.3 is 0 Å². The van der Waals surface area contributed by atoms with Gasteiger partial charge in [-0.2, -0.15) is 0 Å². The minimum absolute atomic E-state index is 0.0382. The van der Waals surface area contributed by atoms with Gasteiger partial charge in [-0.15, -0.1) is 0 Å². The monoisotopic (exact) mass is 316 g/mol. The predicted molar refractivity (Wildman–Crippen MR) is 88.4 cm³/mol. The molecule has 0 aromatic heterocycles. The molecular weight excluding hydrogens is 292 g/mol. The molecule has 0 spiro atoms. The van der Waals surface area contributed by atoms with Crippen LogP contribution in [0.2, 0.25) is 0 Å². The summed E-state index contributed by atoms with van der Waals surface area (Å²) in [6.45, 7) is 2.22. The largest absolute Gasteiger partial charge is 0.299 e. The molecule has 0 N–H and O–H groups in total. The summed E-state index contributed by atoms with van der Waals surface area (Å²) in [6.07, 6.45) is 8.13. The number of rotatable bonds is 1. The number of fused-ring (bicyclic) bond motifs is 5. The fraction of sp³-hybridized carbons (Fsp3) is 0.632. The number of aryl methyl sites for hydroxylation is 1. The molecule has 2 fully saturated rings. The van der Waals surface area contributed by atoms with Crippen LogP contribution >= 0.6 is 0 Å². The topological polar surface area (TPSA) is 34.1 Å². The Bertz CT molecular complexity index is 665. The van der Waals surface area contributed by atoms with Crippen molar-refractivity contribution < 1.29 is 9.00 Å². The molecule has 3 heteroatoms. The van der Waals surface area contributed by atoms with Crippen LogP contribution in [0, 0.1) is 17.3 Å². The summed E-state index contributed by atoms with van der Waals surface area (Å²) in [5.41, 5.74) is 2.84. The second-order valence-electron chi connectivity index (χ2n) is 7.65. The number of hydrogen-bond acceptors (Lipinski definition) is 2. The zero-order valence-electron chi connectivity index (χ0n) is 13.4. The van der Waals surface area contributed by atoms with E-state index in [0.717, 1.165) is 37.0 Å². The molecule has 5 atom stereocenters. The Labute approximate surface area is 135 Å². The zero-order chi connectivity index (χ0) is 15.5. The lowest BCUT2D eigenvalue weighted by Gasteiger charge is -2.48. The number of carbonyl (C=O) groups is 1. The van der Waals surface area contributed by atoms with Crippen LogP contribution in [0.25, 0.3) is 0 Å². The zero-order valence-corrected chi connectivity index (χ0v) is 14.2. The maximum atomic E-state index is 12.3. The van der Waals surface area contributed by atoms with Crippen LogP contribution in [0.3, 0.4) is 0 Å². The van der Waals surface area contributed by atoms with E-state index >= 15 is 0 Å². The van der Waals surface area contributed by atoms with Crippen molar-refractivity contribution in [2.24, 2.45) is 17.3 Å². The van der Waals surface area contributed by atoms with Crippen molar-refractivity contribution in [2.75, 3.05) is 6.26 Å². The molecule has 118 valence electrons. The average Bonchev–Trinajstić information content (AvgIpc) is 2.82. The summed E-state index contributed by atoms with van der Waals surface area (Å²) in [5.74, 6) is 2.40. The van der Waals surface area contributed by atoms with Gasteiger partial charge in [0, 0.05) is 33.8 Å². The number of carbonyl (C=O) groups excluding carboxylic acids is 1. The van der Waals surface area contributed by atoms with E-state index < -0.39 is 10.8 Å². The molecule has 0 aliphatic heterocycles.